The largest absolute Gasteiger partial charge is 0.331 e. The summed E-state index contributed by atoms with van der Waals surface area (Å²) in [6, 6.07) is 0. The van der Waals surface area contributed by atoms with Crippen LogP contribution in [0.15, 0.2) is 15.6 Å². The number of imidazole rings is 1. The van der Waals surface area contributed by atoms with E-state index >= 15 is 0 Å². The summed E-state index contributed by atoms with van der Waals surface area (Å²) in [5, 5.41) is 0. The third-order valence-electron chi connectivity index (χ3n) is 2.12. The third-order valence-corrected chi connectivity index (χ3v) is 2.50. The third kappa shape index (κ3) is 1.73. The van der Waals surface area contributed by atoms with Crippen molar-refractivity contribution in [1.82, 2.24) is 19.1 Å². The van der Waals surface area contributed by atoms with Gasteiger partial charge in [-0.1, -0.05) is 0 Å². The molecule has 2 aromatic rings. The van der Waals surface area contributed by atoms with Gasteiger partial charge in [0.1, 0.15) is 4.60 Å². The summed E-state index contributed by atoms with van der Waals surface area (Å²) in [5.41, 5.74) is -0.107. The smallest absolute Gasteiger partial charge is 0.278 e. The topological polar surface area (TPSA) is 52.7 Å². The molecule has 2 heterocycles. The van der Waals surface area contributed by atoms with Gasteiger partial charge in [0.05, 0.1) is 12.7 Å². The van der Waals surface area contributed by atoms with Crippen molar-refractivity contribution in [1.29, 1.82) is 0 Å². The molecule has 0 aliphatic carbocycles. The highest BCUT2D eigenvalue weighted by Gasteiger charge is 2.16. The Balaban J connectivity index is 2.75. The quantitative estimate of drug-likeness (QED) is 0.835. The Hall–Kier alpha value is -1.31. The molecular weight excluding hydrogens is 286 g/mol. The van der Waals surface area contributed by atoms with E-state index in [-0.39, 0.29) is 11.3 Å². The summed E-state index contributed by atoms with van der Waals surface area (Å²) in [4.78, 5) is 19.6. The van der Waals surface area contributed by atoms with Crippen LogP contribution in [0.4, 0.5) is 8.78 Å². The molecule has 0 saturated carbocycles. The maximum Gasteiger partial charge on any atom is 0.331 e. The van der Waals surface area contributed by atoms with Gasteiger partial charge >= 0.3 is 5.69 Å². The number of nitrogens with zero attached hydrogens (tertiary/aromatic N) is 4. The van der Waals surface area contributed by atoms with Crippen molar-refractivity contribution >= 4 is 27.2 Å². The molecule has 0 N–H and O–H groups in total. The van der Waals surface area contributed by atoms with E-state index in [4.69, 9.17) is 0 Å². The Morgan fingerprint density at radius 1 is 1.50 bits per heavy atom. The van der Waals surface area contributed by atoms with Crippen LogP contribution in [0.3, 0.4) is 0 Å². The predicted octanol–water partition coefficient (Wildman–Crippen LogP) is 1.16. The monoisotopic (exact) mass is 292 g/mol. The van der Waals surface area contributed by atoms with Crippen molar-refractivity contribution in [3.8, 4) is 0 Å². The van der Waals surface area contributed by atoms with E-state index < -0.39 is 18.7 Å². The van der Waals surface area contributed by atoms with E-state index in [1.807, 2.05) is 0 Å². The van der Waals surface area contributed by atoms with Gasteiger partial charge in [-0.05, 0) is 15.9 Å². The van der Waals surface area contributed by atoms with Crippen LogP contribution in [0, 0.1) is 0 Å². The van der Waals surface area contributed by atoms with Crippen molar-refractivity contribution in [2.75, 3.05) is 0 Å². The summed E-state index contributed by atoms with van der Waals surface area (Å²) in [5.74, 6) is 0. The zero-order chi connectivity index (χ0) is 11.9. The summed E-state index contributed by atoms with van der Waals surface area (Å²) in [6.45, 7) is -0.679. The molecule has 86 valence electrons. The standard InChI is InChI=1S/C8H7BrF2N4O/c1-14-6-7(13-4(9)2-12-6)15(8(14)16)3-5(10)11/h2,5H,3H2,1H3. The highest BCUT2D eigenvalue weighted by atomic mass is 79.9. The first-order valence-electron chi connectivity index (χ1n) is 4.36. The molecule has 0 amide bonds. The Morgan fingerprint density at radius 3 is 2.81 bits per heavy atom. The fourth-order valence-electron chi connectivity index (χ4n) is 1.43. The van der Waals surface area contributed by atoms with E-state index in [2.05, 4.69) is 25.9 Å². The lowest BCUT2D eigenvalue weighted by atomic mass is 10.6. The van der Waals surface area contributed by atoms with Gasteiger partial charge in [0.25, 0.3) is 6.43 Å². The zero-order valence-corrected chi connectivity index (χ0v) is 9.78. The van der Waals surface area contributed by atoms with Gasteiger partial charge in [-0.15, -0.1) is 0 Å². The number of aryl methyl sites for hydroxylation is 1. The maximum atomic E-state index is 12.3. The van der Waals surface area contributed by atoms with E-state index in [1.165, 1.54) is 17.8 Å². The molecule has 16 heavy (non-hydrogen) atoms. The van der Waals surface area contributed by atoms with Crippen LogP contribution in [0.2, 0.25) is 0 Å². The Labute approximate surface area is 96.9 Å². The molecule has 0 radical (unpaired) electrons. The number of alkyl halides is 2. The first-order chi connectivity index (χ1) is 7.50. The SMILES string of the molecule is Cn1c(=O)n(CC(F)F)c2nc(Br)cnc21. The second-order valence-corrected chi connectivity index (χ2v) is 4.00. The molecule has 5 nitrogen and oxygen atoms in total. The highest BCUT2D eigenvalue weighted by Crippen LogP contribution is 2.12. The lowest BCUT2D eigenvalue weighted by Crippen LogP contribution is -2.25. The molecule has 0 spiro atoms. The van der Waals surface area contributed by atoms with Gasteiger partial charge in [-0.2, -0.15) is 0 Å². The maximum absolute atomic E-state index is 12.3. The van der Waals surface area contributed by atoms with Gasteiger partial charge in [0, 0.05) is 7.05 Å². The predicted molar refractivity (Wildman–Crippen MR) is 56.5 cm³/mol. The molecule has 0 unspecified atom stereocenters. The lowest BCUT2D eigenvalue weighted by Gasteiger charge is -2.00. The van der Waals surface area contributed by atoms with Gasteiger partial charge < -0.3 is 0 Å². The van der Waals surface area contributed by atoms with E-state index in [1.54, 1.807) is 0 Å². The molecular formula is C8H7BrF2N4O. The van der Waals surface area contributed by atoms with Crippen LogP contribution < -0.4 is 5.69 Å². The second kappa shape index (κ2) is 3.93. The van der Waals surface area contributed by atoms with Gasteiger partial charge in [0.15, 0.2) is 11.3 Å². The minimum atomic E-state index is -2.61. The molecule has 0 bridgehead atoms. The van der Waals surface area contributed by atoms with E-state index in [0.717, 1.165) is 4.57 Å². The van der Waals surface area contributed by atoms with Crippen molar-refractivity contribution in [2.24, 2.45) is 7.05 Å². The van der Waals surface area contributed by atoms with Crippen molar-refractivity contribution in [3.05, 3.63) is 21.3 Å². The Bertz CT molecular complexity index is 591. The van der Waals surface area contributed by atoms with Crippen LogP contribution >= 0.6 is 15.9 Å². The minimum Gasteiger partial charge on any atom is -0.278 e. The van der Waals surface area contributed by atoms with Crippen LogP contribution in [-0.2, 0) is 13.6 Å². The van der Waals surface area contributed by atoms with Crippen LogP contribution in [0.25, 0.3) is 11.3 Å². The van der Waals surface area contributed by atoms with Crippen molar-refractivity contribution < 1.29 is 8.78 Å². The fraction of sp³-hybridized carbons (Fsp3) is 0.375. The molecule has 8 heteroatoms. The number of halogens is 3. The molecule has 2 rings (SSSR count). The Kier molecular flexibility index (Phi) is 2.75. The number of aromatic nitrogens is 4. The average molecular weight is 293 g/mol. The lowest BCUT2D eigenvalue weighted by molar-refractivity contribution is 0.126. The minimum absolute atomic E-state index is 0.155. The normalized spacial score (nSPS) is 11.6. The zero-order valence-electron chi connectivity index (χ0n) is 8.19. The molecule has 0 fully saturated rings. The number of rotatable bonds is 2. The summed E-state index contributed by atoms with van der Waals surface area (Å²) < 4.78 is 27.1. The molecule has 0 aliphatic rings. The molecule has 2 aromatic heterocycles. The number of hydrogen-bond donors (Lipinski definition) is 0. The van der Waals surface area contributed by atoms with E-state index in [0.29, 0.717) is 4.60 Å². The van der Waals surface area contributed by atoms with Gasteiger partial charge in [-0.25, -0.2) is 23.5 Å². The first kappa shape index (κ1) is 11.2. The number of fused-ring (bicyclic) bond motifs is 1. The highest BCUT2D eigenvalue weighted by molar-refractivity contribution is 9.10. The molecule has 0 aromatic carbocycles. The summed E-state index contributed by atoms with van der Waals surface area (Å²) >= 11 is 3.08. The molecule has 0 aliphatic heterocycles. The van der Waals surface area contributed by atoms with Crippen LogP contribution in [0.1, 0.15) is 0 Å². The average Bonchev–Trinajstić information content (AvgIpc) is 2.43. The van der Waals surface area contributed by atoms with Crippen molar-refractivity contribution in [2.45, 2.75) is 13.0 Å². The van der Waals surface area contributed by atoms with Crippen molar-refractivity contribution in [3.63, 3.8) is 0 Å². The van der Waals surface area contributed by atoms with Gasteiger partial charge in [0.2, 0.25) is 0 Å². The second-order valence-electron chi connectivity index (χ2n) is 3.18. The van der Waals surface area contributed by atoms with Crippen LogP contribution in [-0.4, -0.2) is 25.5 Å². The fourth-order valence-corrected chi connectivity index (χ4v) is 1.71. The summed E-state index contributed by atoms with van der Waals surface area (Å²) in [7, 11) is 1.47. The molecule has 0 saturated heterocycles. The Morgan fingerprint density at radius 2 is 2.19 bits per heavy atom. The first-order valence-corrected chi connectivity index (χ1v) is 5.16. The number of hydrogen-bond acceptors (Lipinski definition) is 3. The van der Waals surface area contributed by atoms with E-state index in [9.17, 15) is 13.6 Å². The molecule has 0 atom stereocenters. The summed E-state index contributed by atoms with van der Waals surface area (Å²) in [6.07, 6.45) is -1.20. The van der Waals surface area contributed by atoms with Crippen LogP contribution in [0.5, 0.6) is 0 Å². The van der Waals surface area contributed by atoms with Gasteiger partial charge in [-0.3, -0.25) is 9.13 Å².